The highest BCUT2D eigenvalue weighted by molar-refractivity contribution is 4.94. The second-order valence-electron chi connectivity index (χ2n) is 5.32. The standard InChI is InChI=1S/C13H21N3O/c1-10-7-15-13(17-10)9-16(12-4-5-12)8-11-3-2-6-14-11/h7,11-12,14H,2-6,8-9H2,1H3. The van der Waals surface area contributed by atoms with Gasteiger partial charge in [0.05, 0.1) is 12.7 Å². The number of nitrogens with one attached hydrogen (secondary N) is 1. The van der Waals surface area contributed by atoms with Gasteiger partial charge in [-0.05, 0) is 39.2 Å². The van der Waals surface area contributed by atoms with Gasteiger partial charge in [0.2, 0.25) is 5.89 Å². The van der Waals surface area contributed by atoms with Crippen molar-refractivity contribution < 1.29 is 4.42 Å². The van der Waals surface area contributed by atoms with E-state index in [4.69, 9.17) is 4.42 Å². The Bertz CT molecular complexity index is 366. The molecule has 0 aromatic carbocycles. The van der Waals surface area contributed by atoms with Crippen LogP contribution in [0.5, 0.6) is 0 Å². The van der Waals surface area contributed by atoms with Gasteiger partial charge in [-0.1, -0.05) is 0 Å². The monoisotopic (exact) mass is 235 g/mol. The lowest BCUT2D eigenvalue weighted by Gasteiger charge is -2.24. The minimum atomic E-state index is 0.673. The lowest BCUT2D eigenvalue weighted by molar-refractivity contribution is 0.208. The molecule has 0 spiro atoms. The Morgan fingerprint density at radius 1 is 1.47 bits per heavy atom. The van der Waals surface area contributed by atoms with Crippen LogP contribution in [0.1, 0.15) is 37.3 Å². The molecule has 1 saturated heterocycles. The first-order valence-electron chi connectivity index (χ1n) is 6.70. The summed E-state index contributed by atoms with van der Waals surface area (Å²) in [5.41, 5.74) is 0. The molecule has 1 aromatic rings. The lowest BCUT2D eigenvalue weighted by atomic mass is 10.2. The Morgan fingerprint density at radius 3 is 2.94 bits per heavy atom. The fourth-order valence-corrected chi connectivity index (χ4v) is 2.63. The van der Waals surface area contributed by atoms with Crippen LogP contribution in [0.3, 0.4) is 0 Å². The minimum absolute atomic E-state index is 0.673. The van der Waals surface area contributed by atoms with Crippen molar-refractivity contribution in [2.45, 2.75) is 51.2 Å². The Kier molecular flexibility index (Phi) is 3.16. The number of hydrogen-bond donors (Lipinski definition) is 1. The summed E-state index contributed by atoms with van der Waals surface area (Å²) in [5, 5.41) is 3.57. The molecule has 0 bridgehead atoms. The van der Waals surface area contributed by atoms with Crippen LogP contribution < -0.4 is 5.32 Å². The third-order valence-corrected chi connectivity index (χ3v) is 3.69. The summed E-state index contributed by atoms with van der Waals surface area (Å²) >= 11 is 0. The summed E-state index contributed by atoms with van der Waals surface area (Å²) < 4.78 is 5.58. The van der Waals surface area contributed by atoms with E-state index >= 15 is 0 Å². The molecule has 2 aliphatic rings. The van der Waals surface area contributed by atoms with E-state index in [1.165, 1.54) is 32.2 Å². The zero-order valence-corrected chi connectivity index (χ0v) is 10.5. The van der Waals surface area contributed by atoms with Crippen LogP contribution in [0, 0.1) is 6.92 Å². The van der Waals surface area contributed by atoms with Gasteiger partial charge >= 0.3 is 0 Å². The van der Waals surface area contributed by atoms with Gasteiger partial charge in [0, 0.05) is 18.6 Å². The van der Waals surface area contributed by atoms with E-state index in [0.717, 1.165) is 30.8 Å². The minimum Gasteiger partial charge on any atom is -0.445 e. The van der Waals surface area contributed by atoms with Crippen molar-refractivity contribution in [3.8, 4) is 0 Å². The summed E-state index contributed by atoms with van der Waals surface area (Å²) in [6.07, 6.45) is 7.13. The first-order chi connectivity index (χ1) is 8.31. The molecule has 94 valence electrons. The van der Waals surface area contributed by atoms with Gasteiger partial charge in [0.15, 0.2) is 0 Å². The van der Waals surface area contributed by atoms with Gasteiger partial charge in [-0.3, -0.25) is 4.90 Å². The lowest BCUT2D eigenvalue weighted by Crippen LogP contribution is -2.38. The molecule has 4 nitrogen and oxygen atoms in total. The average Bonchev–Trinajstić information content (AvgIpc) is 2.89. The number of hydrogen-bond acceptors (Lipinski definition) is 4. The van der Waals surface area contributed by atoms with Gasteiger partial charge in [0.25, 0.3) is 0 Å². The molecule has 2 fully saturated rings. The zero-order valence-electron chi connectivity index (χ0n) is 10.5. The number of aryl methyl sites for hydroxylation is 1. The number of aromatic nitrogens is 1. The van der Waals surface area contributed by atoms with Gasteiger partial charge in [-0.25, -0.2) is 4.98 Å². The van der Waals surface area contributed by atoms with Crippen LogP contribution in [0.2, 0.25) is 0 Å². The van der Waals surface area contributed by atoms with E-state index in [1.54, 1.807) is 0 Å². The topological polar surface area (TPSA) is 41.3 Å². The molecular formula is C13H21N3O. The SMILES string of the molecule is Cc1cnc(CN(CC2CCCN2)C2CC2)o1. The maximum absolute atomic E-state index is 5.58. The molecule has 0 radical (unpaired) electrons. The van der Waals surface area contributed by atoms with Gasteiger partial charge < -0.3 is 9.73 Å². The smallest absolute Gasteiger partial charge is 0.208 e. The van der Waals surface area contributed by atoms with E-state index < -0.39 is 0 Å². The molecule has 0 amide bonds. The quantitative estimate of drug-likeness (QED) is 0.843. The maximum atomic E-state index is 5.58. The summed E-state index contributed by atoms with van der Waals surface area (Å²) in [4.78, 5) is 6.85. The van der Waals surface area contributed by atoms with E-state index in [9.17, 15) is 0 Å². The van der Waals surface area contributed by atoms with Crippen molar-refractivity contribution in [1.29, 1.82) is 0 Å². The highest BCUT2D eigenvalue weighted by atomic mass is 16.4. The normalized spacial score (nSPS) is 24.7. The average molecular weight is 235 g/mol. The summed E-state index contributed by atoms with van der Waals surface area (Å²) in [6, 6.07) is 1.44. The molecule has 4 heteroatoms. The number of rotatable bonds is 5. The Hall–Kier alpha value is -0.870. The van der Waals surface area contributed by atoms with Crippen LogP contribution in [0.4, 0.5) is 0 Å². The van der Waals surface area contributed by atoms with Crippen molar-refractivity contribution in [2.75, 3.05) is 13.1 Å². The first-order valence-corrected chi connectivity index (χ1v) is 6.70. The third kappa shape index (κ3) is 2.87. The van der Waals surface area contributed by atoms with Crippen LogP contribution in [-0.4, -0.2) is 35.1 Å². The van der Waals surface area contributed by atoms with Crippen LogP contribution >= 0.6 is 0 Å². The molecule has 17 heavy (non-hydrogen) atoms. The predicted molar refractivity (Wildman–Crippen MR) is 65.7 cm³/mol. The Balaban J connectivity index is 1.59. The Labute approximate surface area is 102 Å². The molecule has 1 unspecified atom stereocenters. The van der Waals surface area contributed by atoms with Gasteiger partial charge in [-0.15, -0.1) is 0 Å². The zero-order chi connectivity index (χ0) is 11.7. The molecule has 3 rings (SSSR count). The van der Waals surface area contributed by atoms with Crippen LogP contribution in [-0.2, 0) is 6.54 Å². The predicted octanol–water partition coefficient (Wildman–Crippen LogP) is 1.70. The summed E-state index contributed by atoms with van der Waals surface area (Å²) in [7, 11) is 0. The number of oxazole rings is 1. The molecule has 1 N–H and O–H groups in total. The summed E-state index contributed by atoms with van der Waals surface area (Å²) in [6.45, 7) is 5.15. The van der Waals surface area contributed by atoms with E-state index in [0.29, 0.717) is 6.04 Å². The van der Waals surface area contributed by atoms with Crippen molar-refractivity contribution in [2.24, 2.45) is 0 Å². The van der Waals surface area contributed by atoms with Crippen molar-refractivity contribution in [3.05, 3.63) is 17.8 Å². The fourth-order valence-electron chi connectivity index (χ4n) is 2.63. The maximum Gasteiger partial charge on any atom is 0.208 e. The molecule has 1 saturated carbocycles. The molecule has 1 aliphatic heterocycles. The molecular weight excluding hydrogens is 214 g/mol. The van der Waals surface area contributed by atoms with Crippen molar-refractivity contribution >= 4 is 0 Å². The molecule has 1 aliphatic carbocycles. The first kappa shape index (κ1) is 11.2. The number of nitrogens with zero attached hydrogens (tertiary/aromatic N) is 2. The highest BCUT2D eigenvalue weighted by Crippen LogP contribution is 2.29. The van der Waals surface area contributed by atoms with Crippen LogP contribution in [0.15, 0.2) is 10.6 Å². The second kappa shape index (κ2) is 4.78. The third-order valence-electron chi connectivity index (χ3n) is 3.69. The summed E-state index contributed by atoms with van der Waals surface area (Å²) in [5.74, 6) is 1.78. The molecule has 1 aromatic heterocycles. The molecule has 1 atom stereocenters. The Morgan fingerprint density at radius 2 is 2.35 bits per heavy atom. The second-order valence-corrected chi connectivity index (χ2v) is 5.32. The van der Waals surface area contributed by atoms with Crippen LogP contribution in [0.25, 0.3) is 0 Å². The highest BCUT2D eigenvalue weighted by Gasteiger charge is 2.32. The van der Waals surface area contributed by atoms with Gasteiger partial charge in [0.1, 0.15) is 5.76 Å². The van der Waals surface area contributed by atoms with Gasteiger partial charge in [-0.2, -0.15) is 0 Å². The van der Waals surface area contributed by atoms with Crippen molar-refractivity contribution in [1.82, 2.24) is 15.2 Å². The fraction of sp³-hybridized carbons (Fsp3) is 0.769. The largest absolute Gasteiger partial charge is 0.445 e. The van der Waals surface area contributed by atoms with E-state index in [1.807, 2.05) is 13.1 Å². The molecule has 2 heterocycles. The van der Waals surface area contributed by atoms with Crippen molar-refractivity contribution in [3.63, 3.8) is 0 Å². The van der Waals surface area contributed by atoms with E-state index in [2.05, 4.69) is 15.2 Å². The van der Waals surface area contributed by atoms with E-state index in [-0.39, 0.29) is 0 Å².